The fraction of sp³-hybridized carbons (Fsp3) is 0.932. The number of allylic oxidation sites excluding steroid dienone is 2. The summed E-state index contributed by atoms with van der Waals surface area (Å²) in [5.74, 6) is -0.168. The first-order valence-electron chi connectivity index (χ1n) is 22.5. The lowest BCUT2D eigenvalue weighted by Crippen LogP contribution is -2.46. The second kappa shape index (κ2) is 36.9. The number of aliphatic hydroxyl groups is 1. The summed E-state index contributed by atoms with van der Waals surface area (Å²) in [5.41, 5.74) is 0. The van der Waals surface area contributed by atoms with E-state index in [9.17, 15) is 19.4 Å². The number of hydrogen-bond acceptors (Lipinski definition) is 6. The van der Waals surface area contributed by atoms with E-state index in [0.29, 0.717) is 23.9 Å². The standard InChI is InChI=1S/C44H89N2O6P/c1-6-8-10-12-14-16-18-20-22-23-24-26-28-30-32-34-36-38-44(48)45-42(41-52-53(49,50)51-40-39-46(3,4)5)43(47)37-35-33-31-29-27-25-21-19-17-15-13-11-9-7-2/h20,22,42-43,47H,6-19,21,23-41H2,1-5H3,(H-,45,48,49,50)/b22-20-. The Bertz CT molecular complexity index is 880. The monoisotopic (exact) mass is 773 g/mol. The van der Waals surface area contributed by atoms with Gasteiger partial charge in [-0.15, -0.1) is 0 Å². The van der Waals surface area contributed by atoms with Gasteiger partial charge in [0.1, 0.15) is 13.2 Å². The molecule has 0 aromatic heterocycles. The van der Waals surface area contributed by atoms with Gasteiger partial charge < -0.3 is 28.8 Å². The van der Waals surface area contributed by atoms with Crippen molar-refractivity contribution >= 4 is 13.7 Å². The molecule has 8 nitrogen and oxygen atoms in total. The number of amides is 1. The van der Waals surface area contributed by atoms with E-state index in [0.717, 1.165) is 38.5 Å². The topological polar surface area (TPSA) is 108 Å². The Balaban J connectivity index is 4.35. The molecule has 53 heavy (non-hydrogen) atoms. The fourth-order valence-electron chi connectivity index (χ4n) is 6.62. The fourth-order valence-corrected chi connectivity index (χ4v) is 7.35. The second-order valence-corrected chi connectivity index (χ2v) is 18.2. The average molecular weight is 773 g/mol. The molecule has 0 aromatic rings. The molecule has 2 N–H and O–H groups in total. The van der Waals surface area contributed by atoms with Gasteiger partial charge in [0.05, 0.1) is 39.9 Å². The molecular weight excluding hydrogens is 683 g/mol. The van der Waals surface area contributed by atoms with Crippen LogP contribution in [0.25, 0.3) is 0 Å². The number of unbranched alkanes of at least 4 members (excludes halogenated alkanes) is 26. The third-order valence-corrected chi connectivity index (χ3v) is 11.2. The number of carbonyl (C=O) groups is 1. The van der Waals surface area contributed by atoms with E-state index in [1.165, 1.54) is 148 Å². The molecule has 0 fully saturated rings. The van der Waals surface area contributed by atoms with Crippen molar-refractivity contribution < 1.29 is 32.9 Å². The molecule has 0 rings (SSSR count). The number of nitrogens with zero attached hydrogens (tertiary/aromatic N) is 1. The third-order valence-electron chi connectivity index (χ3n) is 10.3. The molecule has 0 aliphatic carbocycles. The van der Waals surface area contributed by atoms with Crippen LogP contribution in [0.5, 0.6) is 0 Å². The van der Waals surface area contributed by atoms with Crippen molar-refractivity contribution in [3.05, 3.63) is 12.2 Å². The van der Waals surface area contributed by atoms with E-state index in [4.69, 9.17) is 9.05 Å². The molecule has 3 unspecified atom stereocenters. The highest BCUT2D eigenvalue weighted by molar-refractivity contribution is 7.45. The molecule has 0 aliphatic rings. The van der Waals surface area contributed by atoms with Crippen LogP contribution in [0.2, 0.25) is 0 Å². The number of likely N-dealkylation sites (N-methyl/N-ethyl adjacent to an activating group) is 1. The minimum absolute atomic E-state index is 0.0132. The molecule has 0 radical (unpaired) electrons. The van der Waals surface area contributed by atoms with Gasteiger partial charge in [-0.3, -0.25) is 9.36 Å². The lowest BCUT2D eigenvalue weighted by atomic mass is 10.0. The minimum atomic E-state index is -4.56. The van der Waals surface area contributed by atoms with Crippen molar-refractivity contribution in [3.63, 3.8) is 0 Å². The van der Waals surface area contributed by atoms with Gasteiger partial charge in [0.2, 0.25) is 5.91 Å². The Hall–Kier alpha value is -0.760. The van der Waals surface area contributed by atoms with Crippen LogP contribution in [0.3, 0.4) is 0 Å². The summed E-state index contributed by atoms with van der Waals surface area (Å²) in [6.45, 7) is 4.72. The summed E-state index contributed by atoms with van der Waals surface area (Å²) in [6, 6.07) is -0.798. The van der Waals surface area contributed by atoms with Crippen molar-refractivity contribution in [1.82, 2.24) is 5.32 Å². The Kier molecular flexibility index (Phi) is 36.3. The molecule has 0 saturated carbocycles. The van der Waals surface area contributed by atoms with Crippen LogP contribution in [0.4, 0.5) is 0 Å². The van der Waals surface area contributed by atoms with Crippen molar-refractivity contribution in [2.24, 2.45) is 0 Å². The highest BCUT2D eigenvalue weighted by atomic mass is 31.2. The molecule has 0 bridgehead atoms. The van der Waals surface area contributed by atoms with Gasteiger partial charge in [-0.05, 0) is 38.5 Å². The molecule has 1 amide bonds. The van der Waals surface area contributed by atoms with E-state index >= 15 is 0 Å². The number of rotatable bonds is 41. The van der Waals surface area contributed by atoms with Crippen LogP contribution in [-0.2, 0) is 18.4 Å². The number of phosphoric ester groups is 1. The van der Waals surface area contributed by atoms with Crippen molar-refractivity contribution in [3.8, 4) is 0 Å². The molecule has 0 heterocycles. The summed E-state index contributed by atoms with van der Waals surface area (Å²) in [5, 5.41) is 13.9. The number of aliphatic hydroxyl groups excluding tert-OH is 1. The van der Waals surface area contributed by atoms with Gasteiger partial charge in [0.15, 0.2) is 0 Å². The van der Waals surface area contributed by atoms with Gasteiger partial charge in [-0.1, -0.05) is 180 Å². The van der Waals surface area contributed by atoms with Crippen molar-refractivity contribution in [2.45, 2.75) is 225 Å². The summed E-state index contributed by atoms with van der Waals surface area (Å²) >= 11 is 0. The van der Waals surface area contributed by atoms with Gasteiger partial charge in [-0.25, -0.2) is 0 Å². The Morgan fingerprint density at radius 1 is 0.642 bits per heavy atom. The SMILES string of the molecule is CCCCCCCC/C=C\CCCCCCCCCC(=O)NC(COP(=O)([O-])OCC[N+](C)(C)C)C(O)CCCCCCCCCCCCCCCC. The number of hydrogen-bond donors (Lipinski definition) is 2. The maximum Gasteiger partial charge on any atom is 0.268 e. The van der Waals surface area contributed by atoms with Crippen LogP contribution in [0, 0.1) is 0 Å². The zero-order valence-corrected chi connectivity index (χ0v) is 36.6. The first-order chi connectivity index (χ1) is 25.5. The lowest BCUT2D eigenvalue weighted by Gasteiger charge is -2.30. The first-order valence-corrected chi connectivity index (χ1v) is 24.0. The van der Waals surface area contributed by atoms with Gasteiger partial charge in [0, 0.05) is 6.42 Å². The van der Waals surface area contributed by atoms with E-state index in [2.05, 4.69) is 31.3 Å². The lowest BCUT2D eigenvalue weighted by molar-refractivity contribution is -0.870. The number of quaternary nitrogens is 1. The van der Waals surface area contributed by atoms with Crippen molar-refractivity contribution in [2.75, 3.05) is 40.9 Å². The zero-order valence-electron chi connectivity index (χ0n) is 35.7. The quantitative estimate of drug-likeness (QED) is 0.0277. The minimum Gasteiger partial charge on any atom is -0.756 e. The number of phosphoric acid groups is 1. The molecule has 3 atom stereocenters. The Labute approximate surface area is 329 Å². The molecule has 0 saturated heterocycles. The molecule has 0 aliphatic heterocycles. The number of nitrogens with one attached hydrogen (secondary N) is 1. The van der Waals surface area contributed by atoms with Crippen LogP contribution in [0.1, 0.15) is 213 Å². The van der Waals surface area contributed by atoms with E-state index in [-0.39, 0.29) is 19.1 Å². The van der Waals surface area contributed by atoms with Crippen LogP contribution in [-0.4, -0.2) is 68.5 Å². The smallest absolute Gasteiger partial charge is 0.268 e. The summed E-state index contributed by atoms with van der Waals surface area (Å²) in [6.07, 6.45) is 40.6. The van der Waals surface area contributed by atoms with Gasteiger partial charge in [-0.2, -0.15) is 0 Å². The highest BCUT2D eigenvalue weighted by Gasteiger charge is 2.24. The zero-order chi connectivity index (χ0) is 39.3. The predicted molar refractivity (Wildman–Crippen MR) is 224 cm³/mol. The molecule has 0 spiro atoms. The number of carbonyl (C=O) groups excluding carboxylic acids is 1. The Morgan fingerprint density at radius 2 is 1.04 bits per heavy atom. The average Bonchev–Trinajstić information content (AvgIpc) is 3.10. The Morgan fingerprint density at radius 3 is 1.47 bits per heavy atom. The normalized spacial score (nSPS) is 14.5. The van der Waals surface area contributed by atoms with Crippen LogP contribution < -0.4 is 10.2 Å². The highest BCUT2D eigenvalue weighted by Crippen LogP contribution is 2.38. The van der Waals surface area contributed by atoms with Gasteiger partial charge >= 0.3 is 0 Å². The summed E-state index contributed by atoms with van der Waals surface area (Å²) in [4.78, 5) is 25.3. The van der Waals surface area contributed by atoms with Crippen LogP contribution >= 0.6 is 7.82 Å². The van der Waals surface area contributed by atoms with E-state index in [1.807, 2.05) is 21.1 Å². The summed E-state index contributed by atoms with van der Waals surface area (Å²) in [7, 11) is 1.31. The molecular formula is C44H89N2O6P. The van der Waals surface area contributed by atoms with E-state index in [1.54, 1.807) is 0 Å². The predicted octanol–water partition coefficient (Wildman–Crippen LogP) is 11.7. The molecule has 9 heteroatoms. The molecule has 316 valence electrons. The van der Waals surface area contributed by atoms with Crippen LogP contribution in [0.15, 0.2) is 12.2 Å². The maximum absolute atomic E-state index is 12.9. The molecule has 0 aromatic carbocycles. The first kappa shape index (κ1) is 52.2. The second-order valence-electron chi connectivity index (χ2n) is 16.8. The maximum atomic E-state index is 12.9. The largest absolute Gasteiger partial charge is 0.756 e. The van der Waals surface area contributed by atoms with Crippen molar-refractivity contribution in [1.29, 1.82) is 0 Å². The van der Waals surface area contributed by atoms with Gasteiger partial charge in [0.25, 0.3) is 7.82 Å². The summed E-state index contributed by atoms with van der Waals surface area (Å²) < 4.78 is 23.3. The van der Waals surface area contributed by atoms with E-state index < -0.39 is 20.0 Å². The third kappa shape index (κ3) is 39.3.